The molecule has 196 valence electrons. The lowest BCUT2D eigenvalue weighted by molar-refractivity contribution is 0.402. The van der Waals surface area contributed by atoms with Crippen LogP contribution in [0.15, 0.2) is 169 Å². The van der Waals surface area contributed by atoms with Gasteiger partial charge >= 0.3 is 0 Å². The molecule has 3 heteroatoms. The van der Waals surface area contributed by atoms with E-state index in [2.05, 4.69) is 158 Å². The number of rotatable bonds is 8. The molecule has 1 aliphatic carbocycles. The summed E-state index contributed by atoms with van der Waals surface area (Å²) in [5.74, 6) is 2.05. The maximum atomic E-state index is 7.09. The quantitative estimate of drug-likeness (QED) is 0.177. The molecule has 1 aliphatic rings. The fourth-order valence-electron chi connectivity index (χ4n) is 5.12. The van der Waals surface area contributed by atoms with Crippen molar-refractivity contribution in [2.45, 2.75) is 19.3 Å². The Morgan fingerprint density at radius 2 is 0.925 bits per heavy atom. The smallest absolute Gasteiger partial charge is 0.135 e. The lowest BCUT2D eigenvalue weighted by Gasteiger charge is -2.25. The van der Waals surface area contributed by atoms with Crippen molar-refractivity contribution in [1.29, 1.82) is 0 Å². The van der Waals surface area contributed by atoms with Crippen molar-refractivity contribution in [2.75, 3.05) is 0 Å². The van der Waals surface area contributed by atoms with Crippen molar-refractivity contribution in [3.63, 3.8) is 0 Å². The molecule has 0 spiro atoms. The Balaban J connectivity index is 1.48. The molecule has 5 aromatic rings. The van der Waals surface area contributed by atoms with Crippen LogP contribution < -0.4 is 31.3 Å². The first-order valence-electron chi connectivity index (χ1n) is 13.9. The van der Waals surface area contributed by atoms with Gasteiger partial charge in [0.2, 0.25) is 0 Å². The zero-order chi connectivity index (χ0) is 27.0. The molecular formula is C37H32OP2. The third kappa shape index (κ3) is 6.03. The Hall–Kier alpha value is -3.76. The summed E-state index contributed by atoms with van der Waals surface area (Å²) in [5.41, 5.74) is 0. The average molecular weight is 555 g/mol. The van der Waals surface area contributed by atoms with Crippen LogP contribution in [0.3, 0.4) is 0 Å². The molecule has 0 fully saturated rings. The molecule has 0 atom stereocenters. The van der Waals surface area contributed by atoms with Crippen molar-refractivity contribution in [1.82, 2.24) is 0 Å². The van der Waals surface area contributed by atoms with Crippen LogP contribution in [0.5, 0.6) is 5.75 Å². The number of para-hydroxylation sites is 1. The number of allylic oxidation sites excluding steroid dienone is 4. The van der Waals surface area contributed by atoms with Gasteiger partial charge in [-0.05, 0) is 56.0 Å². The average Bonchev–Trinajstić information content (AvgIpc) is 3.26. The Morgan fingerprint density at radius 1 is 0.475 bits per heavy atom. The van der Waals surface area contributed by atoms with E-state index in [0.29, 0.717) is 0 Å². The summed E-state index contributed by atoms with van der Waals surface area (Å²) in [6.45, 7) is 0. The van der Waals surface area contributed by atoms with Crippen molar-refractivity contribution in [3.05, 3.63) is 169 Å². The molecule has 0 N–H and O–H groups in total. The zero-order valence-corrected chi connectivity index (χ0v) is 24.2. The highest BCUT2D eigenvalue weighted by Crippen LogP contribution is 2.47. The standard InChI is InChI=1S/C37H32OP2/c1-6-18-30(19-7-1)39(31-20-8-2-9-21-31)36-28-15-5-14-26-34(36)38-35-27-16-17-29-37(35)40(32-22-10-3-11-23-32)33-24-12-4-13-25-33/h1-4,6-13,15-25,27-29H,5,14,26H2. The van der Waals surface area contributed by atoms with E-state index in [1.54, 1.807) is 0 Å². The van der Waals surface area contributed by atoms with Gasteiger partial charge in [0, 0.05) is 17.0 Å². The normalized spacial score (nSPS) is 13.4. The summed E-state index contributed by atoms with van der Waals surface area (Å²) >= 11 is 0. The molecular weight excluding hydrogens is 522 g/mol. The van der Waals surface area contributed by atoms with Gasteiger partial charge in [0.1, 0.15) is 11.5 Å². The van der Waals surface area contributed by atoms with Crippen molar-refractivity contribution in [3.8, 4) is 5.75 Å². The van der Waals surface area contributed by atoms with Gasteiger partial charge in [0.25, 0.3) is 0 Å². The molecule has 6 rings (SSSR count). The minimum atomic E-state index is -0.778. The van der Waals surface area contributed by atoms with Crippen molar-refractivity contribution < 1.29 is 4.74 Å². The van der Waals surface area contributed by atoms with Crippen molar-refractivity contribution in [2.24, 2.45) is 0 Å². The minimum absolute atomic E-state index is 0.761. The summed E-state index contributed by atoms with van der Waals surface area (Å²) in [6.07, 6.45) is 7.74. The van der Waals surface area contributed by atoms with Gasteiger partial charge in [-0.3, -0.25) is 0 Å². The third-order valence-electron chi connectivity index (χ3n) is 6.97. The summed E-state index contributed by atoms with van der Waals surface area (Å²) in [4.78, 5) is 0. The Labute approximate surface area is 240 Å². The van der Waals surface area contributed by atoms with E-state index in [4.69, 9.17) is 4.74 Å². The monoisotopic (exact) mass is 554 g/mol. The van der Waals surface area contributed by atoms with E-state index in [9.17, 15) is 0 Å². The number of hydrogen-bond donors (Lipinski definition) is 0. The number of benzene rings is 5. The number of ether oxygens (including phenoxy) is 1. The van der Waals surface area contributed by atoms with Crippen LogP contribution in [0.4, 0.5) is 0 Å². The molecule has 1 nitrogen and oxygen atoms in total. The highest BCUT2D eigenvalue weighted by Gasteiger charge is 2.25. The van der Waals surface area contributed by atoms with Crippen LogP contribution in [0.1, 0.15) is 19.3 Å². The van der Waals surface area contributed by atoms with Gasteiger partial charge in [0.15, 0.2) is 0 Å². The SMILES string of the molecule is C1=CC(P(c2ccccc2)c2ccccc2)=C(Oc2ccccc2P(c2ccccc2)c2ccccc2)CCC1. The molecule has 0 aliphatic heterocycles. The molecule has 0 aromatic heterocycles. The lowest BCUT2D eigenvalue weighted by atomic mass is 10.2. The molecule has 0 heterocycles. The van der Waals surface area contributed by atoms with E-state index in [0.717, 1.165) is 30.8 Å². The molecule has 0 bridgehead atoms. The van der Waals surface area contributed by atoms with Crippen LogP contribution >= 0.6 is 15.8 Å². The topological polar surface area (TPSA) is 9.23 Å². The second-order valence-electron chi connectivity index (χ2n) is 9.69. The number of hydrogen-bond acceptors (Lipinski definition) is 1. The van der Waals surface area contributed by atoms with E-state index in [1.807, 2.05) is 0 Å². The summed E-state index contributed by atoms with van der Waals surface area (Å²) in [6, 6.07) is 52.3. The van der Waals surface area contributed by atoms with Crippen LogP contribution in [0.25, 0.3) is 0 Å². The van der Waals surface area contributed by atoms with E-state index >= 15 is 0 Å². The first-order valence-corrected chi connectivity index (χ1v) is 16.5. The lowest BCUT2D eigenvalue weighted by Crippen LogP contribution is -2.22. The Kier molecular flexibility index (Phi) is 8.64. The van der Waals surface area contributed by atoms with E-state index in [-0.39, 0.29) is 0 Å². The molecule has 0 saturated heterocycles. The predicted octanol–water partition coefficient (Wildman–Crippen LogP) is 7.91. The van der Waals surface area contributed by atoms with Crippen molar-refractivity contribution >= 4 is 42.4 Å². The Morgan fingerprint density at radius 3 is 1.45 bits per heavy atom. The zero-order valence-electron chi connectivity index (χ0n) is 22.4. The summed E-state index contributed by atoms with van der Waals surface area (Å²) in [5, 5.41) is 7.89. The van der Waals surface area contributed by atoms with Gasteiger partial charge < -0.3 is 4.74 Å². The molecule has 40 heavy (non-hydrogen) atoms. The maximum absolute atomic E-state index is 7.09. The van der Waals surface area contributed by atoms with Crippen LogP contribution in [0, 0.1) is 0 Å². The summed E-state index contributed by atoms with van der Waals surface area (Å²) in [7, 11) is -1.54. The largest absolute Gasteiger partial charge is 0.460 e. The minimum Gasteiger partial charge on any atom is -0.460 e. The maximum Gasteiger partial charge on any atom is 0.135 e. The van der Waals surface area contributed by atoms with Gasteiger partial charge in [-0.1, -0.05) is 152 Å². The fraction of sp³-hybridized carbons (Fsp3) is 0.0811. The highest BCUT2D eigenvalue weighted by atomic mass is 31.1. The molecule has 0 radical (unpaired) electrons. The van der Waals surface area contributed by atoms with Gasteiger partial charge in [-0.25, -0.2) is 0 Å². The fourth-order valence-corrected chi connectivity index (χ4v) is 9.95. The Bertz CT molecular complexity index is 1500. The molecule has 0 saturated carbocycles. The predicted molar refractivity (Wildman–Crippen MR) is 175 cm³/mol. The van der Waals surface area contributed by atoms with Gasteiger partial charge in [-0.2, -0.15) is 0 Å². The van der Waals surface area contributed by atoms with E-state index in [1.165, 1.54) is 31.8 Å². The van der Waals surface area contributed by atoms with E-state index < -0.39 is 15.8 Å². The van der Waals surface area contributed by atoms with Crippen LogP contribution in [-0.2, 0) is 0 Å². The highest BCUT2D eigenvalue weighted by molar-refractivity contribution is 7.80. The first-order chi connectivity index (χ1) is 19.9. The second-order valence-corrected chi connectivity index (χ2v) is 14.1. The third-order valence-corrected chi connectivity index (χ3v) is 12.0. The molecule has 0 amide bonds. The van der Waals surface area contributed by atoms with Crippen LogP contribution in [-0.4, -0.2) is 0 Å². The molecule has 5 aromatic carbocycles. The van der Waals surface area contributed by atoms with Gasteiger partial charge in [-0.15, -0.1) is 0 Å². The summed E-state index contributed by atoms with van der Waals surface area (Å²) < 4.78 is 7.09. The van der Waals surface area contributed by atoms with Crippen LogP contribution in [0.2, 0.25) is 0 Å². The second kappa shape index (κ2) is 13.1. The molecule has 0 unspecified atom stereocenters. The van der Waals surface area contributed by atoms with Gasteiger partial charge in [0.05, 0.1) is 0 Å². The first kappa shape index (κ1) is 26.5.